The van der Waals surface area contributed by atoms with Crippen LogP contribution in [0.1, 0.15) is 11.1 Å². The van der Waals surface area contributed by atoms with Crippen molar-refractivity contribution < 1.29 is 4.79 Å². The van der Waals surface area contributed by atoms with Gasteiger partial charge in [-0.05, 0) is 43.2 Å². The highest BCUT2D eigenvalue weighted by molar-refractivity contribution is 7.22. The summed E-state index contributed by atoms with van der Waals surface area (Å²) in [6.07, 6.45) is 0. The SMILES string of the molecule is Cc1cc(C)c(NC(=O)CN2CCN(c3nc4ccccc4s3)CC2)c(Cl)c1. The van der Waals surface area contributed by atoms with Gasteiger partial charge in [0, 0.05) is 26.2 Å². The predicted molar refractivity (Wildman–Crippen MR) is 118 cm³/mol. The highest BCUT2D eigenvalue weighted by atomic mass is 35.5. The molecule has 0 radical (unpaired) electrons. The van der Waals surface area contributed by atoms with E-state index < -0.39 is 0 Å². The highest BCUT2D eigenvalue weighted by Gasteiger charge is 2.22. The van der Waals surface area contributed by atoms with E-state index in [2.05, 4.69) is 21.2 Å². The predicted octanol–water partition coefficient (Wildman–Crippen LogP) is 4.33. The van der Waals surface area contributed by atoms with Crippen LogP contribution >= 0.6 is 22.9 Å². The maximum absolute atomic E-state index is 12.5. The molecule has 1 aliphatic rings. The normalized spacial score (nSPS) is 15.2. The summed E-state index contributed by atoms with van der Waals surface area (Å²) in [5.74, 6) is -0.0257. The van der Waals surface area contributed by atoms with Crippen molar-refractivity contribution in [1.82, 2.24) is 9.88 Å². The Kier molecular flexibility index (Phi) is 5.53. The molecule has 0 atom stereocenters. The lowest BCUT2D eigenvalue weighted by molar-refractivity contribution is -0.117. The van der Waals surface area contributed by atoms with Gasteiger partial charge in [0.2, 0.25) is 5.91 Å². The molecule has 1 amide bonds. The van der Waals surface area contributed by atoms with Crippen LogP contribution in [-0.2, 0) is 4.79 Å². The van der Waals surface area contributed by atoms with Crippen LogP contribution in [0.4, 0.5) is 10.8 Å². The van der Waals surface area contributed by atoms with E-state index in [0.29, 0.717) is 17.3 Å². The van der Waals surface area contributed by atoms with Gasteiger partial charge in [-0.1, -0.05) is 41.1 Å². The van der Waals surface area contributed by atoms with Crippen LogP contribution in [-0.4, -0.2) is 48.5 Å². The topological polar surface area (TPSA) is 48.5 Å². The maximum atomic E-state index is 12.5. The standard InChI is InChI=1S/C21H23ClN4OS/c1-14-11-15(2)20(16(22)12-14)24-19(27)13-25-7-9-26(10-8-25)21-23-17-5-3-4-6-18(17)28-21/h3-6,11-12H,7-10,13H2,1-2H3,(H,24,27). The molecule has 1 fully saturated rings. The fourth-order valence-electron chi connectivity index (χ4n) is 3.55. The third-order valence-electron chi connectivity index (χ3n) is 4.99. The Morgan fingerprint density at radius 3 is 2.64 bits per heavy atom. The van der Waals surface area contributed by atoms with Crippen LogP contribution in [0.3, 0.4) is 0 Å². The summed E-state index contributed by atoms with van der Waals surface area (Å²) in [5, 5.41) is 4.63. The molecule has 7 heteroatoms. The van der Waals surface area contributed by atoms with Crippen LogP contribution < -0.4 is 10.2 Å². The molecule has 1 aromatic heterocycles. The monoisotopic (exact) mass is 414 g/mol. The van der Waals surface area contributed by atoms with Gasteiger partial charge in [-0.2, -0.15) is 0 Å². The summed E-state index contributed by atoms with van der Waals surface area (Å²) in [7, 11) is 0. The number of benzene rings is 2. The molecule has 2 aromatic carbocycles. The number of nitrogens with one attached hydrogen (secondary N) is 1. The number of para-hydroxylation sites is 1. The van der Waals surface area contributed by atoms with Crippen molar-refractivity contribution in [2.45, 2.75) is 13.8 Å². The van der Waals surface area contributed by atoms with Gasteiger partial charge in [0.1, 0.15) is 0 Å². The zero-order valence-corrected chi connectivity index (χ0v) is 17.6. The minimum atomic E-state index is -0.0257. The van der Waals surface area contributed by atoms with Gasteiger partial charge in [0.15, 0.2) is 5.13 Å². The Labute approximate surface area is 173 Å². The van der Waals surface area contributed by atoms with Gasteiger partial charge >= 0.3 is 0 Å². The van der Waals surface area contributed by atoms with E-state index in [1.165, 1.54) is 4.70 Å². The third-order valence-corrected chi connectivity index (χ3v) is 6.38. The molecule has 1 aliphatic heterocycles. The van der Waals surface area contributed by atoms with Crippen molar-refractivity contribution >= 4 is 49.9 Å². The zero-order valence-electron chi connectivity index (χ0n) is 16.0. The Morgan fingerprint density at radius 1 is 1.18 bits per heavy atom. The smallest absolute Gasteiger partial charge is 0.238 e. The van der Waals surface area contributed by atoms with Crippen LogP contribution in [0.5, 0.6) is 0 Å². The molecule has 0 spiro atoms. The second-order valence-electron chi connectivity index (χ2n) is 7.21. The molecule has 3 aromatic rings. The molecule has 0 unspecified atom stereocenters. The van der Waals surface area contributed by atoms with Crippen LogP contribution in [0.2, 0.25) is 5.02 Å². The average Bonchev–Trinajstić information content (AvgIpc) is 3.09. The fraction of sp³-hybridized carbons (Fsp3) is 0.333. The first kappa shape index (κ1) is 19.2. The Bertz CT molecular complexity index is 955. The van der Waals surface area contributed by atoms with Gasteiger partial charge < -0.3 is 10.2 Å². The number of fused-ring (bicyclic) bond motifs is 1. The van der Waals surface area contributed by atoms with Gasteiger partial charge in [0.05, 0.1) is 27.5 Å². The van der Waals surface area contributed by atoms with Crippen molar-refractivity contribution in [3.8, 4) is 0 Å². The van der Waals surface area contributed by atoms with E-state index >= 15 is 0 Å². The first-order chi connectivity index (χ1) is 13.5. The molecule has 1 N–H and O–H groups in total. The summed E-state index contributed by atoms with van der Waals surface area (Å²) in [5.41, 5.74) is 3.84. The number of rotatable bonds is 4. The first-order valence-electron chi connectivity index (χ1n) is 9.39. The zero-order chi connectivity index (χ0) is 19.7. The number of carbonyl (C=O) groups excluding carboxylic acids is 1. The molecule has 2 heterocycles. The Hall–Kier alpha value is -2.15. The summed E-state index contributed by atoms with van der Waals surface area (Å²) in [4.78, 5) is 21.7. The maximum Gasteiger partial charge on any atom is 0.238 e. The number of carbonyl (C=O) groups is 1. The molecule has 0 saturated carbocycles. The minimum Gasteiger partial charge on any atom is -0.345 e. The van der Waals surface area contributed by atoms with Gasteiger partial charge in [0.25, 0.3) is 0 Å². The van der Waals surface area contributed by atoms with Crippen molar-refractivity contribution in [2.75, 3.05) is 42.9 Å². The summed E-state index contributed by atoms with van der Waals surface area (Å²) in [6.45, 7) is 7.75. The molecule has 28 heavy (non-hydrogen) atoms. The highest BCUT2D eigenvalue weighted by Crippen LogP contribution is 2.29. The number of halogens is 1. The van der Waals surface area contributed by atoms with E-state index in [9.17, 15) is 4.79 Å². The summed E-state index contributed by atoms with van der Waals surface area (Å²) >= 11 is 8.03. The second-order valence-corrected chi connectivity index (χ2v) is 8.63. The number of anilines is 2. The largest absolute Gasteiger partial charge is 0.345 e. The molecule has 0 bridgehead atoms. The molecule has 4 rings (SSSR count). The van der Waals surface area contributed by atoms with Crippen molar-refractivity contribution in [1.29, 1.82) is 0 Å². The van der Waals surface area contributed by atoms with Crippen LogP contribution in [0.15, 0.2) is 36.4 Å². The van der Waals surface area contributed by atoms with Gasteiger partial charge in [-0.25, -0.2) is 4.98 Å². The molecule has 0 aliphatic carbocycles. The lowest BCUT2D eigenvalue weighted by Crippen LogP contribution is -2.48. The van der Waals surface area contributed by atoms with Gasteiger partial charge in [-0.15, -0.1) is 0 Å². The van der Waals surface area contributed by atoms with Crippen LogP contribution in [0.25, 0.3) is 10.2 Å². The average molecular weight is 415 g/mol. The van der Waals surface area contributed by atoms with E-state index in [1.54, 1.807) is 11.3 Å². The molecular weight excluding hydrogens is 392 g/mol. The minimum absolute atomic E-state index is 0.0257. The summed E-state index contributed by atoms with van der Waals surface area (Å²) in [6, 6.07) is 12.1. The van der Waals surface area contributed by atoms with E-state index in [1.807, 2.05) is 44.2 Å². The molecule has 146 valence electrons. The van der Waals surface area contributed by atoms with Crippen molar-refractivity contribution in [3.05, 3.63) is 52.5 Å². The summed E-state index contributed by atoms with van der Waals surface area (Å²) < 4.78 is 1.21. The number of thiazole rings is 1. The van der Waals surface area contributed by atoms with E-state index in [0.717, 1.165) is 48.0 Å². The molecule has 5 nitrogen and oxygen atoms in total. The van der Waals surface area contributed by atoms with Crippen LogP contribution in [0, 0.1) is 13.8 Å². The van der Waals surface area contributed by atoms with Gasteiger partial charge in [-0.3, -0.25) is 9.69 Å². The number of aryl methyl sites for hydroxylation is 2. The third kappa shape index (κ3) is 4.14. The second kappa shape index (κ2) is 8.07. The molecule has 1 saturated heterocycles. The number of aromatic nitrogens is 1. The Balaban J connectivity index is 1.33. The van der Waals surface area contributed by atoms with Crippen molar-refractivity contribution in [2.24, 2.45) is 0 Å². The first-order valence-corrected chi connectivity index (χ1v) is 10.6. The number of nitrogens with zero attached hydrogens (tertiary/aromatic N) is 3. The lowest BCUT2D eigenvalue weighted by atomic mass is 10.1. The quantitative estimate of drug-likeness (QED) is 0.690. The molecular formula is C21H23ClN4OS. The lowest BCUT2D eigenvalue weighted by Gasteiger charge is -2.34. The van der Waals surface area contributed by atoms with E-state index in [-0.39, 0.29) is 5.91 Å². The Morgan fingerprint density at radius 2 is 1.93 bits per heavy atom. The number of hydrogen-bond acceptors (Lipinski definition) is 5. The number of hydrogen-bond donors (Lipinski definition) is 1. The fourth-order valence-corrected chi connectivity index (χ4v) is 4.93. The number of piperazine rings is 1. The number of amides is 1. The van der Waals surface area contributed by atoms with E-state index in [4.69, 9.17) is 16.6 Å². The van der Waals surface area contributed by atoms with Crippen molar-refractivity contribution in [3.63, 3.8) is 0 Å².